The molecule has 1 aromatic carbocycles. The van der Waals surface area contributed by atoms with Crippen LogP contribution in [0.5, 0.6) is 0 Å². The number of thiazole rings is 1. The summed E-state index contributed by atoms with van der Waals surface area (Å²) in [4.78, 5) is 10.8. The molecule has 0 amide bonds. The Morgan fingerprint density at radius 3 is 2.61 bits per heavy atom. The van der Waals surface area contributed by atoms with Crippen LogP contribution in [0.3, 0.4) is 0 Å². The van der Waals surface area contributed by atoms with Crippen LogP contribution in [0.4, 0.5) is 4.39 Å². The third-order valence-corrected chi connectivity index (χ3v) is 4.28. The second-order valence-electron chi connectivity index (χ2n) is 4.97. The summed E-state index contributed by atoms with van der Waals surface area (Å²) in [6, 6.07) is 6.52. The molecule has 0 saturated carbocycles. The molecule has 0 fully saturated rings. The van der Waals surface area contributed by atoms with Gasteiger partial charge in [-0.3, -0.25) is 4.99 Å². The summed E-state index contributed by atoms with van der Waals surface area (Å²) in [6.45, 7) is 3.42. The summed E-state index contributed by atoms with van der Waals surface area (Å²) in [5, 5.41) is 6.51. The zero-order valence-electron chi connectivity index (χ0n) is 13.5. The van der Waals surface area contributed by atoms with Gasteiger partial charge in [0.05, 0.1) is 17.2 Å². The van der Waals surface area contributed by atoms with E-state index in [0.29, 0.717) is 13.1 Å². The molecule has 126 valence electrons. The summed E-state index contributed by atoms with van der Waals surface area (Å²) in [6.07, 6.45) is 0.962. The highest BCUT2D eigenvalue weighted by molar-refractivity contribution is 14.0. The number of aryl methyl sites for hydroxylation is 1. The van der Waals surface area contributed by atoms with Gasteiger partial charge in [0.1, 0.15) is 5.82 Å². The van der Waals surface area contributed by atoms with Crippen LogP contribution in [0.25, 0.3) is 0 Å². The van der Waals surface area contributed by atoms with Crippen molar-refractivity contribution < 1.29 is 4.39 Å². The second kappa shape index (κ2) is 9.82. The average Bonchev–Trinajstić information content (AvgIpc) is 2.98. The number of nitrogens with one attached hydrogen (secondary N) is 1. The molecule has 0 atom stereocenters. The molecule has 1 heterocycles. The van der Waals surface area contributed by atoms with Gasteiger partial charge in [0, 0.05) is 26.0 Å². The maximum atomic E-state index is 12.9. The maximum absolute atomic E-state index is 12.9. The lowest BCUT2D eigenvalue weighted by atomic mass is 10.2. The normalized spacial score (nSPS) is 11.0. The van der Waals surface area contributed by atoms with Gasteiger partial charge >= 0.3 is 0 Å². The summed E-state index contributed by atoms with van der Waals surface area (Å²) in [5.74, 6) is 0.569. The molecule has 0 aliphatic heterocycles. The zero-order valence-corrected chi connectivity index (χ0v) is 16.7. The van der Waals surface area contributed by atoms with E-state index in [0.717, 1.165) is 28.6 Å². The largest absolute Gasteiger partial charge is 0.351 e. The van der Waals surface area contributed by atoms with Crippen LogP contribution in [-0.2, 0) is 19.5 Å². The van der Waals surface area contributed by atoms with E-state index >= 15 is 0 Å². The van der Waals surface area contributed by atoms with Crippen molar-refractivity contribution in [2.24, 2.45) is 4.99 Å². The van der Waals surface area contributed by atoms with Crippen LogP contribution in [-0.4, -0.2) is 29.9 Å². The molecule has 0 aliphatic carbocycles. The molecule has 2 aromatic rings. The molecule has 1 aromatic heterocycles. The minimum absolute atomic E-state index is 0. The Labute approximate surface area is 157 Å². The molecule has 0 saturated heterocycles. The lowest BCUT2D eigenvalue weighted by molar-refractivity contribution is 0.475. The van der Waals surface area contributed by atoms with Gasteiger partial charge in [-0.05, 0) is 24.1 Å². The molecule has 1 N–H and O–H groups in total. The van der Waals surface area contributed by atoms with E-state index < -0.39 is 0 Å². The third kappa shape index (κ3) is 6.06. The first-order chi connectivity index (χ1) is 10.6. The summed E-state index contributed by atoms with van der Waals surface area (Å²) < 4.78 is 12.9. The lowest BCUT2D eigenvalue weighted by Crippen LogP contribution is -2.38. The van der Waals surface area contributed by atoms with E-state index in [1.807, 2.05) is 11.9 Å². The first kappa shape index (κ1) is 19.8. The number of hydrogen-bond donors (Lipinski definition) is 1. The minimum atomic E-state index is -0.218. The smallest absolute Gasteiger partial charge is 0.194 e. The van der Waals surface area contributed by atoms with Gasteiger partial charge in [-0.2, -0.15) is 0 Å². The van der Waals surface area contributed by atoms with Crippen molar-refractivity contribution in [2.45, 2.75) is 26.4 Å². The fourth-order valence-electron chi connectivity index (χ4n) is 2.09. The summed E-state index contributed by atoms with van der Waals surface area (Å²) >= 11 is 1.68. The van der Waals surface area contributed by atoms with Gasteiger partial charge in [-0.15, -0.1) is 35.3 Å². The van der Waals surface area contributed by atoms with E-state index in [-0.39, 0.29) is 29.8 Å². The highest BCUT2D eigenvalue weighted by Crippen LogP contribution is 2.10. The van der Waals surface area contributed by atoms with Gasteiger partial charge in [0.15, 0.2) is 5.96 Å². The highest BCUT2D eigenvalue weighted by atomic mass is 127. The van der Waals surface area contributed by atoms with Crippen molar-refractivity contribution in [3.8, 4) is 0 Å². The molecule has 0 radical (unpaired) electrons. The zero-order chi connectivity index (χ0) is 15.9. The quantitative estimate of drug-likeness (QED) is 0.431. The molecule has 7 heteroatoms. The lowest BCUT2D eigenvalue weighted by Gasteiger charge is -2.21. The van der Waals surface area contributed by atoms with Gasteiger partial charge in [-0.1, -0.05) is 19.1 Å². The molecule has 23 heavy (non-hydrogen) atoms. The Kier molecular flexibility index (Phi) is 8.46. The Morgan fingerprint density at radius 1 is 1.35 bits per heavy atom. The van der Waals surface area contributed by atoms with Crippen molar-refractivity contribution in [1.29, 1.82) is 0 Å². The van der Waals surface area contributed by atoms with E-state index in [2.05, 4.69) is 27.6 Å². The Morgan fingerprint density at radius 2 is 2.04 bits per heavy atom. The molecule has 4 nitrogen and oxygen atoms in total. The first-order valence-electron chi connectivity index (χ1n) is 7.22. The van der Waals surface area contributed by atoms with E-state index in [4.69, 9.17) is 0 Å². The van der Waals surface area contributed by atoms with Gasteiger partial charge in [0.25, 0.3) is 0 Å². The maximum Gasteiger partial charge on any atom is 0.194 e. The monoisotopic (exact) mass is 448 g/mol. The molecular weight excluding hydrogens is 426 g/mol. The Balaban J connectivity index is 0.00000264. The average molecular weight is 448 g/mol. The molecular formula is C16H22FIN4S. The van der Waals surface area contributed by atoms with Crippen LogP contribution in [0.15, 0.2) is 34.6 Å². The van der Waals surface area contributed by atoms with Crippen molar-refractivity contribution in [1.82, 2.24) is 15.2 Å². The Hall–Kier alpha value is -1.22. The van der Waals surface area contributed by atoms with Crippen LogP contribution in [0, 0.1) is 5.82 Å². The number of aliphatic imine (C=N–C) groups is 1. The predicted octanol–water partition coefficient (Wildman–Crippen LogP) is 3.67. The van der Waals surface area contributed by atoms with Gasteiger partial charge in [0.2, 0.25) is 0 Å². The SMILES string of the molecule is CCc1nc(CNC(=NC)N(C)Cc2ccc(F)cc2)cs1.I. The number of hydrogen-bond acceptors (Lipinski definition) is 3. The fraction of sp³-hybridized carbons (Fsp3) is 0.375. The highest BCUT2D eigenvalue weighted by Gasteiger charge is 2.08. The van der Waals surface area contributed by atoms with Gasteiger partial charge in [-0.25, -0.2) is 9.37 Å². The Bertz CT molecular complexity index is 627. The predicted molar refractivity (Wildman–Crippen MR) is 105 cm³/mol. The van der Waals surface area contributed by atoms with Crippen LogP contribution in [0.1, 0.15) is 23.2 Å². The molecule has 0 bridgehead atoms. The van der Waals surface area contributed by atoms with Crippen LogP contribution in [0.2, 0.25) is 0 Å². The number of aromatic nitrogens is 1. The molecule has 2 rings (SSSR count). The minimum Gasteiger partial charge on any atom is -0.351 e. The molecule has 0 spiro atoms. The fourth-order valence-corrected chi connectivity index (χ4v) is 2.83. The van der Waals surface area contributed by atoms with E-state index in [1.165, 1.54) is 12.1 Å². The van der Waals surface area contributed by atoms with Crippen molar-refractivity contribution in [2.75, 3.05) is 14.1 Å². The third-order valence-electron chi connectivity index (χ3n) is 3.24. The number of nitrogens with zero attached hydrogens (tertiary/aromatic N) is 3. The van der Waals surface area contributed by atoms with Crippen LogP contribution >= 0.6 is 35.3 Å². The van der Waals surface area contributed by atoms with E-state index in [9.17, 15) is 4.39 Å². The van der Waals surface area contributed by atoms with E-state index in [1.54, 1.807) is 30.5 Å². The summed E-state index contributed by atoms with van der Waals surface area (Å²) in [7, 11) is 3.71. The first-order valence-corrected chi connectivity index (χ1v) is 8.09. The standard InChI is InChI=1S/C16H21FN4S.HI/c1-4-15-20-14(11-22-15)9-19-16(18-2)21(3)10-12-5-7-13(17)8-6-12;/h5-8,11H,4,9-10H2,1-3H3,(H,18,19);1H. The number of rotatable bonds is 5. The molecule has 0 unspecified atom stereocenters. The van der Waals surface area contributed by atoms with Gasteiger partial charge < -0.3 is 10.2 Å². The van der Waals surface area contributed by atoms with Crippen molar-refractivity contribution in [3.63, 3.8) is 0 Å². The summed E-state index contributed by atoms with van der Waals surface area (Å²) in [5.41, 5.74) is 2.06. The number of benzene rings is 1. The van der Waals surface area contributed by atoms with Crippen molar-refractivity contribution >= 4 is 41.3 Å². The number of halogens is 2. The number of guanidine groups is 1. The second-order valence-corrected chi connectivity index (χ2v) is 5.91. The van der Waals surface area contributed by atoms with Crippen molar-refractivity contribution in [3.05, 3.63) is 51.7 Å². The van der Waals surface area contributed by atoms with Crippen LogP contribution < -0.4 is 5.32 Å². The topological polar surface area (TPSA) is 40.5 Å². The molecule has 0 aliphatic rings.